The molecule has 0 aliphatic carbocycles. The van der Waals surface area contributed by atoms with Crippen LogP contribution in [0.15, 0.2) is 34.9 Å². The van der Waals surface area contributed by atoms with Crippen LogP contribution in [-0.4, -0.2) is 14.6 Å². The first-order valence-electron chi connectivity index (χ1n) is 5.75. The van der Waals surface area contributed by atoms with Gasteiger partial charge in [0.1, 0.15) is 5.01 Å². The van der Waals surface area contributed by atoms with Crippen molar-refractivity contribution in [3.05, 3.63) is 39.9 Å². The van der Waals surface area contributed by atoms with E-state index in [0.717, 1.165) is 25.7 Å². The number of hydrogen-bond acceptors (Lipinski definition) is 3. The summed E-state index contributed by atoms with van der Waals surface area (Å²) in [4.78, 5) is 5.58. The summed E-state index contributed by atoms with van der Waals surface area (Å²) in [6.07, 6.45) is 1.99. The van der Waals surface area contributed by atoms with Gasteiger partial charge in [0.05, 0.1) is 11.9 Å². The van der Waals surface area contributed by atoms with E-state index in [-0.39, 0.29) is 0 Å². The third-order valence-corrected chi connectivity index (χ3v) is 4.39. The standard InChI is InChI=1S/C13H12BrN3S/c1-8(2)12-16-17-7-11(15-13(17)18-12)9-4-3-5-10(14)6-9/h3-8H,1-2H3. The molecule has 2 heterocycles. The van der Waals surface area contributed by atoms with Gasteiger partial charge in [-0.3, -0.25) is 0 Å². The maximum atomic E-state index is 4.63. The third kappa shape index (κ3) is 2.08. The molecule has 0 aliphatic rings. The quantitative estimate of drug-likeness (QED) is 0.702. The fourth-order valence-corrected chi connectivity index (χ4v) is 3.02. The molecule has 5 heteroatoms. The molecular weight excluding hydrogens is 310 g/mol. The van der Waals surface area contributed by atoms with E-state index in [9.17, 15) is 0 Å². The highest BCUT2D eigenvalue weighted by molar-refractivity contribution is 9.10. The molecule has 0 radical (unpaired) electrons. The summed E-state index contributed by atoms with van der Waals surface area (Å²) in [6.45, 7) is 4.29. The molecule has 0 N–H and O–H groups in total. The van der Waals surface area contributed by atoms with Crippen molar-refractivity contribution in [3.63, 3.8) is 0 Å². The van der Waals surface area contributed by atoms with Gasteiger partial charge in [-0.15, -0.1) is 0 Å². The Balaban J connectivity index is 2.06. The zero-order valence-corrected chi connectivity index (χ0v) is 12.5. The minimum atomic E-state index is 0.450. The molecule has 0 aliphatic heterocycles. The molecule has 0 unspecified atom stereocenters. The number of aromatic nitrogens is 3. The van der Waals surface area contributed by atoms with E-state index in [1.807, 2.05) is 22.8 Å². The third-order valence-electron chi connectivity index (χ3n) is 2.67. The van der Waals surface area contributed by atoms with E-state index < -0.39 is 0 Å². The van der Waals surface area contributed by atoms with Crippen molar-refractivity contribution in [3.8, 4) is 11.3 Å². The summed E-state index contributed by atoms with van der Waals surface area (Å²) in [5.74, 6) is 0.450. The predicted molar refractivity (Wildman–Crippen MR) is 78.1 cm³/mol. The summed E-state index contributed by atoms with van der Waals surface area (Å²) in [5.41, 5.74) is 2.07. The van der Waals surface area contributed by atoms with Crippen molar-refractivity contribution in [1.82, 2.24) is 14.6 Å². The topological polar surface area (TPSA) is 30.2 Å². The smallest absolute Gasteiger partial charge is 0.212 e. The van der Waals surface area contributed by atoms with Gasteiger partial charge >= 0.3 is 0 Å². The number of imidazole rings is 1. The van der Waals surface area contributed by atoms with Gasteiger partial charge in [0, 0.05) is 16.0 Å². The lowest BCUT2D eigenvalue weighted by atomic mass is 10.2. The fourth-order valence-electron chi connectivity index (χ4n) is 1.74. The van der Waals surface area contributed by atoms with Gasteiger partial charge in [-0.1, -0.05) is 53.2 Å². The second-order valence-corrected chi connectivity index (χ2v) is 6.36. The van der Waals surface area contributed by atoms with Gasteiger partial charge < -0.3 is 0 Å². The van der Waals surface area contributed by atoms with Crippen LogP contribution < -0.4 is 0 Å². The van der Waals surface area contributed by atoms with E-state index in [4.69, 9.17) is 0 Å². The largest absolute Gasteiger partial charge is 0.217 e. The number of fused-ring (bicyclic) bond motifs is 1. The van der Waals surface area contributed by atoms with Crippen molar-refractivity contribution in [2.75, 3.05) is 0 Å². The minimum Gasteiger partial charge on any atom is -0.217 e. The zero-order chi connectivity index (χ0) is 12.7. The molecule has 0 saturated carbocycles. The Labute approximate surface area is 118 Å². The Morgan fingerprint density at radius 2 is 2.17 bits per heavy atom. The Hall–Kier alpha value is -1.20. The fraction of sp³-hybridized carbons (Fsp3) is 0.231. The molecule has 0 saturated heterocycles. The second kappa shape index (κ2) is 4.48. The first kappa shape index (κ1) is 11.9. The maximum absolute atomic E-state index is 4.63. The van der Waals surface area contributed by atoms with Crippen molar-refractivity contribution < 1.29 is 0 Å². The highest BCUT2D eigenvalue weighted by atomic mass is 79.9. The van der Waals surface area contributed by atoms with Crippen LogP contribution in [0.25, 0.3) is 16.2 Å². The molecule has 3 nitrogen and oxygen atoms in total. The molecular formula is C13H12BrN3S. The molecule has 18 heavy (non-hydrogen) atoms. The van der Waals surface area contributed by atoms with Gasteiger partial charge in [-0.05, 0) is 12.1 Å². The van der Waals surface area contributed by atoms with Crippen LogP contribution >= 0.6 is 27.3 Å². The number of hydrogen-bond donors (Lipinski definition) is 0. The van der Waals surface area contributed by atoms with Crippen LogP contribution in [0.1, 0.15) is 24.8 Å². The second-order valence-electron chi connectivity index (χ2n) is 4.46. The summed E-state index contributed by atoms with van der Waals surface area (Å²) in [7, 11) is 0. The van der Waals surface area contributed by atoms with Crippen LogP contribution in [0, 0.1) is 0 Å². The lowest BCUT2D eigenvalue weighted by Crippen LogP contribution is -1.88. The van der Waals surface area contributed by atoms with E-state index in [2.05, 4.69) is 52.0 Å². The number of nitrogens with zero attached hydrogens (tertiary/aromatic N) is 3. The molecule has 3 aromatic rings. The number of benzene rings is 1. The molecule has 92 valence electrons. The van der Waals surface area contributed by atoms with Crippen LogP contribution in [0.3, 0.4) is 0 Å². The average molecular weight is 322 g/mol. The van der Waals surface area contributed by atoms with Gasteiger partial charge in [0.2, 0.25) is 4.96 Å². The van der Waals surface area contributed by atoms with E-state index >= 15 is 0 Å². The van der Waals surface area contributed by atoms with Crippen LogP contribution in [0.2, 0.25) is 0 Å². The van der Waals surface area contributed by atoms with Crippen LogP contribution in [-0.2, 0) is 0 Å². The lowest BCUT2D eigenvalue weighted by Gasteiger charge is -1.97. The van der Waals surface area contributed by atoms with Gasteiger partial charge in [-0.2, -0.15) is 5.10 Å². The highest BCUT2D eigenvalue weighted by Gasteiger charge is 2.11. The Kier molecular flexibility index (Phi) is 2.95. The molecule has 0 fully saturated rings. The Morgan fingerprint density at radius 3 is 2.83 bits per heavy atom. The first-order chi connectivity index (χ1) is 8.63. The van der Waals surface area contributed by atoms with E-state index in [1.165, 1.54) is 0 Å². The van der Waals surface area contributed by atoms with E-state index in [0.29, 0.717) is 5.92 Å². The SMILES string of the molecule is CC(C)c1nn2cc(-c3cccc(Br)c3)nc2s1. The van der Waals surface area contributed by atoms with Crippen LogP contribution in [0.4, 0.5) is 0 Å². The molecule has 3 rings (SSSR count). The van der Waals surface area contributed by atoms with Gasteiger partial charge in [0.15, 0.2) is 0 Å². The molecule has 0 atom stereocenters. The van der Waals surface area contributed by atoms with Crippen molar-refractivity contribution >= 4 is 32.2 Å². The summed E-state index contributed by atoms with van der Waals surface area (Å²) >= 11 is 5.13. The molecule has 0 bridgehead atoms. The lowest BCUT2D eigenvalue weighted by molar-refractivity contribution is 0.802. The summed E-state index contributed by atoms with van der Waals surface area (Å²) in [6, 6.07) is 8.15. The number of rotatable bonds is 2. The average Bonchev–Trinajstić information content (AvgIpc) is 2.86. The molecule has 2 aromatic heterocycles. The van der Waals surface area contributed by atoms with Crippen molar-refractivity contribution in [2.45, 2.75) is 19.8 Å². The van der Waals surface area contributed by atoms with Gasteiger partial charge in [0.25, 0.3) is 0 Å². The monoisotopic (exact) mass is 321 g/mol. The summed E-state index contributed by atoms with van der Waals surface area (Å²) in [5, 5.41) is 5.67. The Morgan fingerprint density at radius 1 is 1.33 bits per heavy atom. The molecule has 0 spiro atoms. The van der Waals surface area contributed by atoms with Crippen molar-refractivity contribution in [1.29, 1.82) is 0 Å². The summed E-state index contributed by atoms with van der Waals surface area (Å²) < 4.78 is 2.93. The maximum Gasteiger partial charge on any atom is 0.212 e. The number of halogens is 1. The van der Waals surface area contributed by atoms with Crippen LogP contribution in [0.5, 0.6) is 0 Å². The first-order valence-corrected chi connectivity index (χ1v) is 7.36. The highest BCUT2D eigenvalue weighted by Crippen LogP contribution is 2.26. The Bertz CT molecular complexity index is 668. The van der Waals surface area contributed by atoms with E-state index in [1.54, 1.807) is 11.3 Å². The minimum absolute atomic E-state index is 0.450. The normalized spacial score (nSPS) is 11.6. The predicted octanol–water partition coefficient (Wildman–Crippen LogP) is 4.34. The van der Waals surface area contributed by atoms with Crippen molar-refractivity contribution in [2.24, 2.45) is 0 Å². The zero-order valence-electron chi connectivity index (χ0n) is 10.1. The van der Waals surface area contributed by atoms with Gasteiger partial charge in [-0.25, -0.2) is 9.50 Å². The molecule has 0 amide bonds. The molecule has 1 aromatic carbocycles.